The summed E-state index contributed by atoms with van der Waals surface area (Å²) in [5, 5.41) is 2.99. The highest BCUT2D eigenvalue weighted by Crippen LogP contribution is 2.35. The first-order chi connectivity index (χ1) is 17.5. The van der Waals surface area contributed by atoms with Gasteiger partial charge in [0.1, 0.15) is 36.3 Å². The average molecular weight is 510 g/mol. The van der Waals surface area contributed by atoms with Gasteiger partial charge in [-0.1, -0.05) is 12.1 Å². The first-order valence-corrected chi connectivity index (χ1v) is 12.7. The number of pyridine rings is 1. The zero-order valence-electron chi connectivity index (χ0n) is 19.5. The van der Waals surface area contributed by atoms with Crippen LogP contribution in [0.1, 0.15) is 11.1 Å². The molecule has 8 nitrogen and oxygen atoms in total. The van der Waals surface area contributed by atoms with E-state index < -0.39 is 15.8 Å². The topological polar surface area (TPSA) is 91.7 Å². The number of aromatic nitrogens is 2. The Hall–Kier alpha value is -3.89. The molecule has 0 fully saturated rings. The fourth-order valence-corrected chi connectivity index (χ4v) is 5.36. The Labute approximate surface area is 208 Å². The van der Waals surface area contributed by atoms with E-state index in [1.54, 1.807) is 19.2 Å². The van der Waals surface area contributed by atoms with Gasteiger partial charge in [0.05, 0.1) is 5.69 Å². The second kappa shape index (κ2) is 10.00. The fraction of sp³-hybridized carbons (Fsp3) is 0.192. The average Bonchev–Trinajstić information content (AvgIpc) is 3.32. The van der Waals surface area contributed by atoms with Crippen LogP contribution in [0.15, 0.2) is 78.1 Å². The number of rotatable bonds is 8. The molecule has 0 atom stereocenters. The summed E-state index contributed by atoms with van der Waals surface area (Å²) < 4.78 is 60.2. The molecule has 0 saturated heterocycles. The normalized spacial score (nSPS) is 12.9. The molecule has 2 aromatic heterocycles. The third-order valence-corrected chi connectivity index (χ3v) is 7.33. The van der Waals surface area contributed by atoms with Crippen molar-refractivity contribution in [3.05, 3.63) is 90.1 Å². The van der Waals surface area contributed by atoms with Crippen molar-refractivity contribution >= 4 is 10.0 Å². The van der Waals surface area contributed by atoms with E-state index in [9.17, 15) is 8.42 Å². The van der Waals surface area contributed by atoms with Gasteiger partial charge >= 0.3 is 0 Å². The van der Waals surface area contributed by atoms with Gasteiger partial charge in [-0.25, -0.2) is 16.8 Å². The third-order valence-electron chi connectivity index (χ3n) is 5.67. The lowest BCUT2D eigenvalue weighted by Gasteiger charge is -2.21. The van der Waals surface area contributed by atoms with Crippen LogP contribution in [0.4, 0.5) is 4.39 Å². The van der Waals surface area contributed by atoms with Gasteiger partial charge in [-0.05, 0) is 49.0 Å². The number of hydrogen-bond donors (Lipinski definition) is 1. The van der Waals surface area contributed by atoms with Crippen molar-refractivity contribution in [1.82, 2.24) is 14.3 Å². The molecule has 10 heteroatoms. The summed E-state index contributed by atoms with van der Waals surface area (Å²) >= 11 is 0. The van der Waals surface area contributed by atoms with Gasteiger partial charge in [0.2, 0.25) is 0 Å². The highest BCUT2D eigenvalue weighted by atomic mass is 32.2. The van der Waals surface area contributed by atoms with Crippen molar-refractivity contribution in [2.24, 2.45) is 0 Å². The lowest BCUT2D eigenvalue weighted by molar-refractivity contribution is 0.166. The zero-order valence-corrected chi connectivity index (χ0v) is 20.3. The summed E-state index contributed by atoms with van der Waals surface area (Å²) in [5.74, 6) is 0.960. The Balaban J connectivity index is 1.45. The summed E-state index contributed by atoms with van der Waals surface area (Å²) in [5.41, 5.74) is 1.81. The Morgan fingerprint density at radius 1 is 1.11 bits per heavy atom. The van der Waals surface area contributed by atoms with Crippen LogP contribution < -0.4 is 19.5 Å². The van der Waals surface area contributed by atoms with Crippen molar-refractivity contribution in [2.75, 3.05) is 20.3 Å². The van der Waals surface area contributed by atoms with Gasteiger partial charge in [0.15, 0.2) is 11.5 Å². The van der Waals surface area contributed by atoms with Crippen molar-refractivity contribution in [1.29, 1.82) is 0 Å². The molecule has 0 amide bonds. The molecule has 1 N–H and O–H groups in total. The quantitative estimate of drug-likeness (QED) is 0.384. The van der Waals surface area contributed by atoms with Crippen LogP contribution in [0.25, 0.3) is 11.3 Å². The molecule has 1 aliphatic heterocycles. The fourth-order valence-electron chi connectivity index (χ4n) is 4.01. The number of ether oxygens (including phenoxy) is 3. The molecule has 0 spiro atoms. The molecule has 36 heavy (non-hydrogen) atoms. The predicted molar refractivity (Wildman–Crippen MR) is 131 cm³/mol. The maximum atomic E-state index is 15.3. The number of halogens is 1. The Morgan fingerprint density at radius 3 is 2.75 bits per heavy atom. The van der Waals surface area contributed by atoms with E-state index in [1.807, 2.05) is 18.2 Å². The molecule has 0 aliphatic carbocycles. The summed E-state index contributed by atoms with van der Waals surface area (Å²) in [6, 6.07) is 14.5. The van der Waals surface area contributed by atoms with E-state index in [0.29, 0.717) is 42.6 Å². The highest BCUT2D eigenvalue weighted by Gasteiger charge is 2.24. The van der Waals surface area contributed by atoms with Crippen LogP contribution in [-0.2, 0) is 23.2 Å². The summed E-state index contributed by atoms with van der Waals surface area (Å²) in [6.07, 6.45) is 4.24. The lowest BCUT2D eigenvalue weighted by Crippen LogP contribution is -2.17. The van der Waals surface area contributed by atoms with Crippen molar-refractivity contribution in [3.63, 3.8) is 0 Å². The summed E-state index contributed by atoms with van der Waals surface area (Å²) in [7, 11) is -2.24. The van der Waals surface area contributed by atoms with Crippen LogP contribution >= 0.6 is 0 Å². The van der Waals surface area contributed by atoms with Gasteiger partial charge in [-0.3, -0.25) is 4.98 Å². The third kappa shape index (κ3) is 4.65. The van der Waals surface area contributed by atoms with E-state index in [-0.39, 0.29) is 22.8 Å². The first-order valence-electron chi connectivity index (χ1n) is 11.3. The maximum absolute atomic E-state index is 15.3. The minimum absolute atomic E-state index is 0.00982. The van der Waals surface area contributed by atoms with E-state index in [1.165, 1.54) is 42.9 Å². The van der Waals surface area contributed by atoms with Gasteiger partial charge < -0.3 is 19.5 Å². The maximum Gasteiger partial charge on any atom is 0.269 e. The smallest absolute Gasteiger partial charge is 0.269 e. The zero-order chi connectivity index (χ0) is 25.1. The van der Waals surface area contributed by atoms with Crippen LogP contribution in [-0.4, -0.2) is 37.6 Å². The van der Waals surface area contributed by atoms with Gasteiger partial charge in [-0.15, -0.1) is 0 Å². The first kappa shape index (κ1) is 23.8. The standard InChI is InChI=1S/C26H24FN3O5S/c1-28-14-18-12-24(30(16-18)36(31,32)21-5-3-9-29-15-21)22-8-7-20(13-23(22)27)35-17-19-4-2-6-25-26(19)34-11-10-33-25/h2-9,12-13,15-16,28H,10-11,14,17H2,1H3. The number of fused-ring (bicyclic) bond motifs is 1. The minimum Gasteiger partial charge on any atom is -0.489 e. The number of hydrogen-bond acceptors (Lipinski definition) is 7. The Kier molecular flexibility index (Phi) is 6.62. The summed E-state index contributed by atoms with van der Waals surface area (Å²) in [4.78, 5) is 3.92. The molecule has 0 unspecified atom stereocenters. The second-order valence-corrected chi connectivity index (χ2v) is 9.94. The van der Waals surface area contributed by atoms with Crippen LogP contribution in [0.3, 0.4) is 0 Å². The molecule has 3 heterocycles. The monoisotopic (exact) mass is 509 g/mol. The van der Waals surface area contributed by atoms with Gasteiger partial charge in [0.25, 0.3) is 10.0 Å². The largest absolute Gasteiger partial charge is 0.489 e. The van der Waals surface area contributed by atoms with E-state index in [4.69, 9.17) is 14.2 Å². The number of nitrogens with one attached hydrogen (secondary N) is 1. The van der Waals surface area contributed by atoms with Crippen LogP contribution in [0, 0.1) is 5.82 Å². The Morgan fingerprint density at radius 2 is 1.97 bits per heavy atom. The predicted octanol–water partition coefficient (Wildman–Crippen LogP) is 4.00. The molecular weight excluding hydrogens is 485 g/mol. The summed E-state index contributed by atoms with van der Waals surface area (Å²) in [6.45, 7) is 1.50. The molecule has 4 aromatic rings. The second-order valence-electron chi connectivity index (χ2n) is 8.13. The molecule has 0 radical (unpaired) electrons. The van der Waals surface area contributed by atoms with Crippen molar-refractivity contribution < 1.29 is 27.0 Å². The van der Waals surface area contributed by atoms with Gasteiger partial charge in [-0.2, -0.15) is 0 Å². The minimum atomic E-state index is -3.99. The van der Waals surface area contributed by atoms with Gasteiger partial charge in [0, 0.05) is 42.3 Å². The molecule has 186 valence electrons. The van der Waals surface area contributed by atoms with Crippen molar-refractivity contribution in [2.45, 2.75) is 18.0 Å². The van der Waals surface area contributed by atoms with E-state index >= 15 is 4.39 Å². The SMILES string of the molecule is CNCc1cc(-c2ccc(OCc3cccc4c3OCCO4)cc2F)n(S(=O)(=O)c2cccnc2)c1. The number of para-hydroxylation sites is 1. The van der Waals surface area contributed by atoms with Crippen molar-refractivity contribution in [3.8, 4) is 28.5 Å². The number of benzene rings is 2. The highest BCUT2D eigenvalue weighted by molar-refractivity contribution is 7.90. The van der Waals surface area contributed by atoms with E-state index in [2.05, 4.69) is 10.3 Å². The molecule has 2 aromatic carbocycles. The molecule has 0 bridgehead atoms. The lowest BCUT2D eigenvalue weighted by atomic mass is 10.1. The van der Waals surface area contributed by atoms with Crippen LogP contribution in [0.2, 0.25) is 0 Å². The molecule has 1 aliphatic rings. The number of nitrogens with zero attached hydrogens (tertiary/aromatic N) is 2. The molecule has 0 saturated carbocycles. The molecule has 5 rings (SSSR count). The Bertz CT molecular complexity index is 1490. The van der Waals surface area contributed by atoms with E-state index in [0.717, 1.165) is 9.54 Å². The molecular formula is C26H24FN3O5S. The van der Waals surface area contributed by atoms with Crippen LogP contribution in [0.5, 0.6) is 17.2 Å².